The van der Waals surface area contributed by atoms with Gasteiger partial charge < -0.3 is 15.4 Å². The average molecular weight is 345 g/mol. The van der Waals surface area contributed by atoms with Gasteiger partial charge in [0.2, 0.25) is 0 Å². The largest absolute Gasteiger partial charge is 0.496 e. The summed E-state index contributed by atoms with van der Waals surface area (Å²) in [5, 5.41) is 6.14. The molecule has 0 amide bonds. The van der Waals surface area contributed by atoms with Gasteiger partial charge in [-0.3, -0.25) is 0 Å². The summed E-state index contributed by atoms with van der Waals surface area (Å²) in [7, 11) is 1.62. The predicted octanol–water partition coefficient (Wildman–Crippen LogP) is 3.79. The van der Waals surface area contributed by atoms with Crippen molar-refractivity contribution in [1.82, 2.24) is 10.6 Å². The Bertz CT molecular complexity index is 530. The molecule has 0 radical (unpaired) electrons. The summed E-state index contributed by atoms with van der Waals surface area (Å²) in [4.78, 5) is 4.46. The van der Waals surface area contributed by atoms with E-state index in [0.29, 0.717) is 32.0 Å². The van der Waals surface area contributed by atoms with Crippen LogP contribution in [0.5, 0.6) is 5.75 Å². The van der Waals surface area contributed by atoms with Gasteiger partial charge in [-0.25, -0.2) is 4.99 Å². The van der Waals surface area contributed by atoms with Gasteiger partial charge in [-0.1, -0.05) is 12.1 Å². The molecule has 0 spiro atoms. The first-order valence-corrected chi connectivity index (χ1v) is 8.08. The topological polar surface area (TPSA) is 45.7 Å². The molecule has 136 valence electrons. The summed E-state index contributed by atoms with van der Waals surface area (Å²) >= 11 is 0. The van der Waals surface area contributed by atoms with E-state index in [1.54, 1.807) is 7.11 Å². The quantitative estimate of drug-likeness (QED) is 0.428. The SMILES string of the molecule is CCNC(=NCc1ccc(C)cc1OC)NCCCCC(F)(F)F. The molecule has 0 fully saturated rings. The van der Waals surface area contributed by atoms with Crippen molar-refractivity contribution < 1.29 is 17.9 Å². The van der Waals surface area contributed by atoms with Crippen LogP contribution in [0.25, 0.3) is 0 Å². The highest BCUT2D eigenvalue weighted by atomic mass is 19.4. The minimum atomic E-state index is -4.08. The fraction of sp³-hybridized carbons (Fsp3) is 0.588. The molecule has 0 heterocycles. The number of aliphatic imine (C=N–C) groups is 1. The number of hydrogen-bond acceptors (Lipinski definition) is 2. The zero-order valence-electron chi connectivity index (χ0n) is 14.5. The second kappa shape index (κ2) is 10.1. The van der Waals surface area contributed by atoms with Crippen LogP contribution in [-0.4, -0.2) is 32.3 Å². The average Bonchev–Trinajstić information content (AvgIpc) is 2.51. The number of halogens is 3. The Morgan fingerprint density at radius 3 is 2.58 bits per heavy atom. The third-order valence-corrected chi connectivity index (χ3v) is 3.37. The van der Waals surface area contributed by atoms with Crippen molar-refractivity contribution in [2.45, 2.75) is 45.8 Å². The Labute approximate surface area is 141 Å². The molecule has 1 aromatic carbocycles. The molecule has 0 aliphatic heterocycles. The highest BCUT2D eigenvalue weighted by Crippen LogP contribution is 2.22. The Morgan fingerprint density at radius 1 is 1.21 bits per heavy atom. The van der Waals surface area contributed by atoms with E-state index in [1.165, 1.54) is 0 Å². The fourth-order valence-corrected chi connectivity index (χ4v) is 2.15. The maximum atomic E-state index is 12.1. The van der Waals surface area contributed by atoms with Crippen LogP contribution in [0.15, 0.2) is 23.2 Å². The molecular weight excluding hydrogens is 319 g/mol. The van der Waals surface area contributed by atoms with Crippen LogP contribution in [0.4, 0.5) is 13.2 Å². The fourth-order valence-electron chi connectivity index (χ4n) is 2.15. The van der Waals surface area contributed by atoms with Gasteiger partial charge in [-0.2, -0.15) is 13.2 Å². The Morgan fingerprint density at radius 2 is 1.96 bits per heavy atom. The van der Waals surface area contributed by atoms with Crippen molar-refractivity contribution in [1.29, 1.82) is 0 Å². The molecule has 0 bridgehead atoms. The summed E-state index contributed by atoms with van der Waals surface area (Å²) in [5.74, 6) is 1.37. The van der Waals surface area contributed by atoms with Crippen molar-refractivity contribution >= 4 is 5.96 Å². The van der Waals surface area contributed by atoms with Gasteiger partial charge in [0.15, 0.2) is 5.96 Å². The van der Waals surface area contributed by atoms with E-state index in [1.807, 2.05) is 32.0 Å². The number of hydrogen-bond donors (Lipinski definition) is 2. The van der Waals surface area contributed by atoms with Crippen LogP contribution in [-0.2, 0) is 6.54 Å². The molecule has 0 saturated carbocycles. The van der Waals surface area contributed by atoms with Crippen LogP contribution < -0.4 is 15.4 Å². The Hall–Kier alpha value is -1.92. The maximum absolute atomic E-state index is 12.1. The summed E-state index contributed by atoms with van der Waals surface area (Å²) in [5.41, 5.74) is 2.06. The molecular formula is C17H26F3N3O. The van der Waals surface area contributed by atoms with E-state index >= 15 is 0 Å². The molecule has 0 aromatic heterocycles. The molecule has 0 unspecified atom stereocenters. The van der Waals surface area contributed by atoms with Gasteiger partial charge in [0.1, 0.15) is 5.75 Å². The number of benzene rings is 1. The van der Waals surface area contributed by atoms with Gasteiger partial charge in [0.25, 0.3) is 0 Å². The number of rotatable bonds is 8. The minimum Gasteiger partial charge on any atom is -0.496 e. The smallest absolute Gasteiger partial charge is 0.389 e. The lowest BCUT2D eigenvalue weighted by atomic mass is 10.1. The zero-order valence-corrected chi connectivity index (χ0v) is 14.5. The molecule has 2 N–H and O–H groups in total. The second-order valence-electron chi connectivity index (χ2n) is 5.51. The lowest BCUT2D eigenvalue weighted by Crippen LogP contribution is -2.37. The number of nitrogens with one attached hydrogen (secondary N) is 2. The van der Waals surface area contributed by atoms with Crippen molar-refractivity contribution in [3.8, 4) is 5.75 Å². The molecule has 0 aliphatic carbocycles. The number of aryl methyl sites for hydroxylation is 1. The molecule has 1 rings (SSSR count). The van der Waals surface area contributed by atoms with Crippen LogP contribution >= 0.6 is 0 Å². The number of guanidine groups is 1. The van der Waals surface area contributed by atoms with Crippen LogP contribution in [0.3, 0.4) is 0 Å². The molecule has 0 aliphatic rings. The van der Waals surface area contributed by atoms with Gasteiger partial charge in [0.05, 0.1) is 13.7 Å². The molecule has 4 nitrogen and oxygen atoms in total. The number of methoxy groups -OCH3 is 1. The highest BCUT2D eigenvalue weighted by molar-refractivity contribution is 5.79. The van der Waals surface area contributed by atoms with E-state index in [-0.39, 0.29) is 6.42 Å². The number of alkyl halides is 3. The van der Waals surface area contributed by atoms with Crippen molar-refractivity contribution in [2.75, 3.05) is 20.2 Å². The monoisotopic (exact) mass is 345 g/mol. The summed E-state index contributed by atoms with van der Waals surface area (Å²) in [6.07, 6.45) is -4.27. The third-order valence-electron chi connectivity index (χ3n) is 3.37. The molecule has 0 atom stereocenters. The first-order valence-electron chi connectivity index (χ1n) is 8.08. The maximum Gasteiger partial charge on any atom is 0.389 e. The van der Waals surface area contributed by atoms with Gasteiger partial charge in [0, 0.05) is 25.1 Å². The Kier molecular flexibility index (Phi) is 8.43. The first-order chi connectivity index (χ1) is 11.4. The lowest BCUT2D eigenvalue weighted by molar-refractivity contribution is -0.135. The van der Waals surface area contributed by atoms with Crippen molar-refractivity contribution in [3.05, 3.63) is 29.3 Å². The van der Waals surface area contributed by atoms with Gasteiger partial charge >= 0.3 is 6.18 Å². The van der Waals surface area contributed by atoms with E-state index in [0.717, 1.165) is 16.9 Å². The van der Waals surface area contributed by atoms with Crippen molar-refractivity contribution in [3.63, 3.8) is 0 Å². The number of unbranched alkanes of at least 4 members (excludes halogenated alkanes) is 1. The predicted molar refractivity (Wildman–Crippen MR) is 90.5 cm³/mol. The second-order valence-corrected chi connectivity index (χ2v) is 5.51. The summed E-state index contributed by atoms with van der Waals surface area (Å²) in [6, 6.07) is 5.90. The standard InChI is InChI=1S/C17H26F3N3O/c1-4-21-16(22-10-6-5-9-17(18,19)20)23-12-14-8-7-13(2)11-15(14)24-3/h7-8,11H,4-6,9-10,12H2,1-3H3,(H2,21,22,23). The van der Waals surface area contributed by atoms with Gasteiger partial charge in [-0.15, -0.1) is 0 Å². The normalized spacial score (nSPS) is 12.2. The zero-order chi connectivity index (χ0) is 18.0. The van der Waals surface area contributed by atoms with E-state index in [2.05, 4.69) is 15.6 Å². The lowest BCUT2D eigenvalue weighted by Gasteiger charge is -2.13. The van der Waals surface area contributed by atoms with Crippen LogP contribution in [0.2, 0.25) is 0 Å². The van der Waals surface area contributed by atoms with Crippen LogP contribution in [0.1, 0.15) is 37.3 Å². The van der Waals surface area contributed by atoms with Gasteiger partial charge in [-0.05, 0) is 38.3 Å². The summed E-state index contributed by atoms with van der Waals surface area (Å²) in [6.45, 7) is 5.49. The Balaban J connectivity index is 2.53. The molecule has 1 aromatic rings. The molecule has 24 heavy (non-hydrogen) atoms. The molecule has 0 saturated heterocycles. The number of ether oxygens (including phenoxy) is 1. The van der Waals surface area contributed by atoms with E-state index in [9.17, 15) is 13.2 Å². The number of nitrogens with zero attached hydrogens (tertiary/aromatic N) is 1. The third kappa shape index (κ3) is 8.08. The summed E-state index contributed by atoms with van der Waals surface area (Å²) < 4.78 is 41.7. The van der Waals surface area contributed by atoms with Crippen LogP contribution in [0, 0.1) is 6.92 Å². The highest BCUT2D eigenvalue weighted by Gasteiger charge is 2.25. The van der Waals surface area contributed by atoms with E-state index < -0.39 is 12.6 Å². The van der Waals surface area contributed by atoms with Crippen molar-refractivity contribution in [2.24, 2.45) is 4.99 Å². The van der Waals surface area contributed by atoms with E-state index in [4.69, 9.17) is 4.74 Å². The minimum absolute atomic E-state index is 0.113. The first kappa shape index (κ1) is 20.1. The molecule has 7 heteroatoms.